The van der Waals surface area contributed by atoms with Crippen molar-refractivity contribution < 1.29 is 19.2 Å². The first kappa shape index (κ1) is 22.4. The van der Waals surface area contributed by atoms with Crippen molar-refractivity contribution in [2.24, 2.45) is 0 Å². The zero-order chi connectivity index (χ0) is 21.6. The lowest BCUT2D eigenvalue weighted by Crippen LogP contribution is -2.35. The SMILES string of the molecule is CCOc1cc([N+](=O)[O-])c(C(=O)NCC(c2ccccc2Cl)N(C)C)cc1OC. The molecule has 0 spiro atoms. The van der Waals surface area contributed by atoms with E-state index in [9.17, 15) is 14.9 Å². The van der Waals surface area contributed by atoms with Crippen molar-refractivity contribution in [3.8, 4) is 11.5 Å². The number of benzene rings is 2. The van der Waals surface area contributed by atoms with E-state index in [2.05, 4.69) is 5.32 Å². The number of carbonyl (C=O) groups is 1. The van der Waals surface area contributed by atoms with Crippen LogP contribution < -0.4 is 14.8 Å². The van der Waals surface area contributed by atoms with Crippen molar-refractivity contribution in [3.05, 3.63) is 62.7 Å². The minimum absolute atomic E-state index is 0.105. The molecule has 2 aromatic carbocycles. The summed E-state index contributed by atoms with van der Waals surface area (Å²) in [5, 5.41) is 14.8. The number of nitrogens with one attached hydrogen (secondary N) is 1. The highest BCUT2D eigenvalue weighted by Gasteiger charge is 2.26. The van der Waals surface area contributed by atoms with Crippen LogP contribution in [0, 0.1) is 10.1 Å². The summed E-state index contributed by atoms with van der Waals surface area (Å²) in [5.41, 5.74) is 0.385. The van der Waals surface area contributed by atoms with Gasteiger partial charge in [0.2, 0.25) is 0 Å². The molecule has 0 fully saturated rings. The lowest BCUT2D eigenvalue weighted by Gasteiger charge is -2.26. The van der Waals surface area contributed by atoms with Gasteiger partial charge in [-0.3, -0.25) is 14.9 Å². The molecule has 29 heavy (non-hydrogen) atoms. The van der Waals surface area contributed by atoms with E-state index < -0.39 is 10.8 Å². The predicted molar refractivity (Wildman–Crippen MR) is 111 cm³/mol. The van der Waals surface area contributed by atoms with E-state index in [0.717, 1.165) is 5.56 Å². The highest BCUT2D eigenvalue weighted by Crippen LogP contribution is 2.35. The first-order valence-electron chi connectivity index (χ1n) is 8.98. The van der Waals surface area contributed by atoms with Gasteiger partial charge in [-0.1, -0.05) is 29.8 Å². The molecule has 1 amide bonds. The van der Waals surface area contributed by atoms with Crippen molar-refractivity contribution in [3.63, 3.8) is 0 Å². The predicted octanol–water partition coefficient (Wildman–Crippen LogP) is 3.69. The molecule has 0 aromatic heterocycles. The highest BCUT2D eigenvalue weighted by molar-refractivity contribution is 6.31. The van der Waals surface area contributed by atoms with Crippen molar-refractivity contribution in [1.29, 1.82) is 0 Å². The van der Waals surface area contributed by atoms with E-state index in [4.69, 9.17) is 21.1 Å². The molecule has 0 aliphatic heterocycles. The third-order valence-corrected chi connectivity index (χ3v) is 4.71. The van der Waals surface area contributed by atoms with Gasteiger partial charge in [0.1, 0.15) is 5.56 Å². The van der Waals surface area contributed by atoms with Crippen LogP contribution in [0.15, 0.2) is 36.4 Å². The molecule has 8 nitrogen and oxygen atoms in total. The van der Waals surface area contributed by atoms with E-state index >= 15 is 0 Å². The number of likely N-dealkylation sites (N-methyl/N-ethyl adjacent to an activating group) is 1. The van der Waals surface area contributed by atoms with Crippen molar-refractivity contribution >= 4 is 23.2 Å². The number of ether oxygens (including phenoxy) is 2. The second-order valence-corrected chi connectivity index (χ2v) is 6.83. The maximum absolute atomic E-state index is 12.8. The fraction of sp³-hybridized carbons (Fsp3) is 0.350. The Labute approximate surface area is 174 Å². The summed E-state index contributed by atoms with van der Waals surface area (Å²) in [6.07, 6.45) is 0. The molecule has 1 unspecified atom stereocenters. The molecule has 156 valence electrons. The fourth-order valence-electron chi connectivity index (χ4n) is 2.91. The van der Waals surface area contributed by atoms with Crippen LogP contribution in [-0.2, 0) is 0 Å². The summed E-state index contributed by atoms with van der Waals surface area (Å²) < 4.78 is 10.6. The zero-order valence-electron chi connectivity index (χ0n) is 16.8. The number of methoxy groups -OCH3 is 1. The minimum Gasteiger partial charge on any atom is -0.493 e. The molecule has 9 heteroatoms. The van der Waals surface area contributed by atoms with Crippen molar-refractivity contribution in [1.82, 2.24) is 10.2 Å². The molecule has 0 saturated carbocycles. The summed E-state index contributed by atoms with van der Waals surface area (Å²) in [6.45, 7) is 2.27. The number of halogens is 1. The Kier molecular flexibility index (Phi) is 7.81. The molecule has 2 rings (SSSR count). The summed E-state index contributed by atoms with van der Waals surface area (Å²) in [6, 6.07) is 9.65. The molecule has 0 heterocycles. The molecule has 0 aliphatic rings. The summed E-state index contributed by atoms with van der Waals surface area (Å²) in [5.74, 6) is -0.129. The number of nitrogens with zero attached hydrogens (tertiary/aromatic N) is 2. The maximum Gasteiger partial charge on any atom is 0.286 e. The van der Waals surface area contributed by atoms with Crippen LogP contribution in [0.25, 0.3) is 0 Å². The lowest BCUT2D eigenvalue weighted by atomic mass is 10.1. The molecule has 0 saturated heterocycles. The first-order chi connectivity index (χ1) is 13.8. The molecular formula is C20H24ClN3O5. The smallest absolute Gasteiger partial charge is 0.286 e. The Hall–Kier alpha value is -2.84. The third kappa shape index (κ3) is 5.36. The van der Waals surface area contributed by atoms with Crippen LogP contribution in [0.3, 0.4) is 0 Å². The Morgan fingerprint density at radius 2 is 1.97 bits per heavy atom. The second-order valence-electron chi connectivity index (χ2n) is 6.42. The van der Waals surface area contributed by atoms with Gasteiger partial charge in [0.25, 0.3) is 11.6 Å². The number of rotatable bonds is 9. The van der Waals surface area contributed by atoms with Gasteiger partial charge in [-0.15, -0.1) is 0 Å². The fourth-order valence-corrected chi connectivity index (χ4v) is 3.17. The van der Waals surface area contributed by atoms with E-state index in [1.807, 2.05) is 37.2 Å². The van der Waals surface area contributed by atoms with E-state index in [-0.39, 0.29) is 35.3 Å². The van der Waals surface area contributed by atoms with Crippen molar-refractivity contribution in [2.75, 3.05) is 34.4 Å². The van der Waals surface area contributed by atoms with E-state index in [1.165, 1.54) is 19.2 Å². The van der Waals surface area contributed by atoms with Crippen LogP contribution in [0.2, 0.25) is 5.02 Å². The number of nitro benzene ring substituents is 1. The maximum atomic E-state index is 12.8. The summed E-state index contributed by atoms with van der Waals surface area (Å²) >= 11 is 6.29. The molecular weight excluding hydrogens is 398 g/mol. The number of amides is 1. The first-order valence-corrected chi connectivity index (χ1v) is 9.36. The topological polar surface area (TPSA) is 93.9 Å². The largest absolute Gasteiger partial charge is 0.493 e. The van der Waals surface area contributed by atoms with Crippen molar-refractivity contribution in [2.45, 2.75) is 13.0 Å². The van der Waals surface area contributed by atoms with E-state index in [1.54, 1.807) is 13.0 Å². The summed E-state index contributed by atoms with van der Waals surface area (Å²) in [7, 11) is 5.13. The Morgan fingerprint density at radius 3 is 2.52 bits per heavy atom. The lowest BCUT2D eigenvalue weighted by molar-refractivity contribution is -0.385. The van der Waals surface area contributed by atoms with Gasteiger partial charge < -0.3 is 19.7 Å². The number of carbonyl (C=O) groups excluding carboxylic acids is 1. The number of hydrogen-bond acceptors (Lipinski definition) is 6. The second kappa shape index (κ2) is 10.1. The average Bonchev–Trinajstić information content (AvgIpc) is 2.68. The monoisotopic (exact) mass is 421 g/mol. The Morgan fingerprint density at radius 1 is 1.28 bits per heavy atom. The molecule has 2 aromatic rings. The Balaban J connectivity index is 2.31. The van der Waals surface area contributed by atoms with Gasteiger partial charge in [-0.2, -0.15) is 0 Å². The molecule has 1 atom stereocenters. The Bertz CT molecular complexity index is 888. The third-order valence-electron chi connectivity index (χ3n) is 4.37. The molecule has 0 bridgehead atoms. The summed E-state index contributed by atoms with van der Waals surface area (Å²) in [4.78, 5) is 25.6. The van der Waals surface area contributed by atoms with Gasteiger partial charge in [-0.05, 0) is 32.6 Å². The van der Waals surface area contributed by atoms with Crippen LogP contribution in [0.1, 0.15) is 28.9 Å². The van der Waals surface area contributed by atoms with Crippen LogP contribution in [0.5, 0.6) is 11.5 Å². The van der Waals surface area contributed by atoms with Gasteiger partial charge >= 0.3 is 0 Å². The van der Waals surface area contributed by atoms with Crippen LogP contribution in [-0.4, -0.2) is 50.1 Å². The normalized spacial score (nSPS) is 11.8. The van der Waals surface area contributed by atoms with Gasteiger partial charge in [0.15, 0.2) is 11.5 Å². The quantitative estimate of drug-likeness (QED) is 0.490. The van der Waals surface area contributed by atoms with E-state index in [0.29, 0.717) is 11.6 Å². The molecule has 0 aliphatic carbocycles. The minimum atomic E-state index is -0.617. The van der Waals surface area contributed by atoms with Gasteiger partial charge in [0.05, 0.1) is 30.7 Å². The molecule has 0 radical (unpaired) electrons. The standard InChI is InChI=1S/C20H24ClN3O5/c1-5-29-19-11-16(24(26)27)14(10-18(19)28-4)20(25)22-12-17(23(2)3)13-8-6-7-9-15(13)21/h6-11,17H,5,12H2,1-4H3,(H,22,25). The number of hydrogen-bond donors (Lipinski definition) is 1. The molecule has 1 N–H and O–H groups in total. The highest BCUT2D eigenvalue weighted by atomic mass is 35.5. The number of nitro groups is 1. The van der Waals surface area contributed by atoms with Crippen LogP contribution in [0.4, 0.5) is 5.69 Å². The van der Waals surface area contributed by atoms with Crippen LogP contribution >= 0.6 is 11.6 Å². The van der Waals surface area contributed by atoms with Gasteiger partial charge in [-0.25, -0.2) is 0 Å². The zero-order valence-corrected chi connectivity index (χ0v) is 17.5. The van der Waals surface area contributed by atoms with Gasteiger partial charge in [0, 0.05) is 17.6 Å². The average molecular weight is 422 g/mol.